The zero-order chi connectivity index (χ0) is 13.4. The number of fused-ring (bicyclic) bond motifs is 1. The second-order valence-corrected chi connectivity index (χ2v) is 5.32. The van der Waals surface area contributed by atoms with Gasteiger partial charge in [0.25, 0.3) is 0 Å². The van der Waals surface area contributed by atoms with Gasteiger partial charge in [-0.3, -0.25) is 4.79 Å². The van der Waals surface area contributed by atoms with Crippen LogP contribution < -0.4 is 11.5 Å². The third-order valence-corrected chi connectivity index (χ3v) is 4.39. The minimum atomic E-state index is -1.06. The van der Waals surface area contributed by atoms with Gasteiger partial charge in [0.05, 0.1) is 17.6 Å². The van der Waals surface area contributed by atoms with Crippen molar-refractivity contribution in [1.82, 2.24) is 4.90 Å². The summed E-state index contributed by atoms with van der Waals surface area (Å²) < 4.78 is 4.86. The molecule has 2 aliphatic rings. The number of carboxylic acid groups (broad SMARTS) is 1. The Kier molecular flexibility index (Phi) is 5.72. The van der Waals surface area contributed by atoms with E-state index in [0.717, 1.165) is 0 Å². The van der Waals surface area contributed by atoms with Crippen molar-refractivity contribution in [3.05, 3.63) is 11.3 Å². The number of nitrogens with two attached hydrogens (primary N) is 2. The van der Waals surface area contributed by atoms with Gasteiger partial charge in [0.15, 0.2) is 0 Å². The van der Waals surface area contributed by atoms with Crippen LogP contribution in [-0.4, -0.2) is 81.4 Å². The summed E-state index contributed by atoms with van der Waals surface area (Å²) in [7, 11) is 0. The Hall–Kier alpha value is -0.250. The molecule has 3 atom stereocenters. The molecule has 1 saturated heterocycles. The normalized spacial score (nSPS) is 29.0. The molecule has 0 aromatic carbocycles. The molecule has 0 aromatic heterocycles. The summed E-state index contributed by atoms with van der Waals surface area (Å²) in [6.45, 7) is 1.26. The van der Waals surface area contributed by atoms with Crippen LogP contribution in [0.15, 0.2) is 11.3 Å². The van der Waals surface area contributed by atoms with E-state index in [1.165, 1.54) is 18.7 Å². The van der Waals surface area contributed by atoms with Crippen molar-refractivity contribution in [2.75, 3.05) is 12.4 Å². The number of aliphatic carboxylic acids is 1. The van der Waals surface area contributed by atoms with Crippen LogP contribution in [0.4, 0.5) is 0 Å². The topological polar surface area (TPSA) is 119 Å². The summed E-state index contributed by atoms with van der Waals surface area (Å²) in [4.78, 5) is 23.7. The quantitative estimate of drug-likeness (QED) is 0.414. The first-order chi connectivity index (χ1) is 8.43. The van der Waals surface area contributed by atoms with Crippen molar-refractivity contribution in [2.45, 2.75) is 24.5 Å². The van der Waals surface area contributed by atoms with Crippen molar-refractivity contribution in [3.63, 3.8) is 0 Å². The summed E-state index contributed by atoms with van der Waals surface area (Å²) in [5.74, 6) is -1.02. The summed E-state index contributed by atoms with van der Waals surface area (Å²) in [5.41, 5.74) is 12.3. The van der Waals surface area contributed by atoms with E-state index in [4.69, 9.17) is 16.2 Å². The fourth-order valence-electron chi connectivity index (χ4n) is 2.07. The zero-order valence-corrected chi connectivity index (χ0v) is 10.6. The van der Waals surface area contributed by atoms with Gasteiger partial charge in [-0.1, -0.05) is 0 Å². The molecule has 2 aliphatic heterocycles. The Labute approximate surface area is 137 Å². The number of hydrogen-bond acceptors (Lipinski definition) is 7. The maximum atomic E-state index is 11.3. The van der Waals surface area contributed by atoms with E-state index in [0.29, 0.717) is 11.3 Å². The molecule has 102 valence electrons. The number of hydrogen-bond donors (Lipinski definition) is 3. The van der Waals surface area contributed by atoms with Crippen molar-refractivity contribution in [3.8, 4) is 0 Å². The number of ether oxygens (including phenoxy) is 1. The third-order valence-electron chi connectivity index (χ3n) is 2.99. The Morgan fingerprint density at radius 3 is 2.68 bits per heavy atom. The Bertz CT molecular complexity index is 431. The third kappa shape index (κ3) is 3.09. The fourth-order valence-corrected chi connectivity index (χ4v) is 3.45. The molecular weight excluding hydrogens is 281 g/mol. The van der Waals surface area contributed by atoms with Crippen LogP contribution in [0.3, 0.4) is 0 Å². The molecule has 9 heteroatoms. The van der Waals surface area contributed by atoms with Crippen molar-refractivity contribution < 1.29 is 19.4 Å². The van der Waals surface area contributed by atoms with Gasteiger partial charge >= 0.3 is 41.5 Å². The number of esters is 1. The Morgan fingerprint density at radius 1 is 1.53 bits per heavy atom. The molecule has 7 nitrogen and oxygen atoms in total. The molecule has 0 spiro atoms. The number of thioether (sulfide) groups is 1. The summed E-state index contributed by atoms with van der Waals surface area (Å²) in [6, 6.07) is -0.236. The van der Waals surface area contributed by atoms with Gasteiger partial charge in [-0.2, -0.15) is 0 Å². The number of rotatable bonds is 3. The van der Waals surface area contributed by atoms with Gasteiger partial charge in [0.2, 0.25) is 0 Å². The first-order valence-electron chi connectivity index (χ1n) is 5.43. The summed E-state index contributed by atoms with van der Waals surface area (Å²) in [5, 5.41) is 9.15. The van der Waals surface area contributed by atoms with E-state index in [-0.39, 0.29) is 53.3 Å². The second kappa shape index (κ2) is 6.47. The number of carbonyl (C=O) groups excluding carboxylic acids is 1. The van der Waals surface area contributed by atoms with Crippen molar-refractivity contribution >= 4 is 53.3 Å². The SMILES string of the molecule is CC(=O)OCC1=C(C(=O)O)N2C(N)C(N)C2SC1.[NaH]. The molecule has 0 bridgehead atoms. The van der Waals surface area contributed by atoms with Gasteiger partial charge in [0.1, 0.15) is 12.3 Å². The summed E-state index contributed by atoms with van der Waals surface area (Å²) >= 11 is 1.51. The van der Waals surface area contributed by atoms with Gasteiger partial charge in [-0.15, -0.1) is 11.8 Å². The minimum absolute atomic E-state index is 0. The standard InChI is InChI=1S/C10H15N3O4S.Na.H/c1-4(14)17-2-5-3-18-9-6(11)8(12)13(9)7(5)10(15)16;;/h6,8-9H,2-3,11-12H2,1H3,(H,15,16);;. The molecule has 0 saturated carbocycles. The molecule has 0 aliphatic carbocycles. The fraction of sp³-hybridized carbons (Fsp3) is 0.600. The Morgan fingerprint density at radius 2 is 2.16 bits per heavy atom. The second-order valence-electron chi connectivity index (χ2n) is 4.21. The zero-order valence-electron chi connectivity index (χ0n) is 9.83. The van der Waals surface area contributed by atoms with E-state index in [1.54, 1.807) is 4.90 Å². The molecule has 5 N–H and O–H groups in total. The van der Waals surface area contributed by atoms with Crippen LogP contribution in [0, 0.1) is 0 Å². The van der Waals surface area contributed by atoms with Crippen molar-refractivity contribution in [1.29, 1.82) is 0 Å². The Balaban J connectivity index is 0.00000180. The van der Waals surface area contributed by atoms with E-state index in [2.05, 4.69) is 0 Å². The van der Waals surface area contributed by atoms with Crippen molar-refractivity contribution in [2.24, 2.45) is 11.5 Å². The van der Waals surface area contributed by atoms with Crippen LogP contribution in [0.1, 0.15) is 6.92 Å². The first kappa shape index (κ1) is 16.8. The van der Waals surface area contributed by atoms with E-state index < -0.39 is 18.1 Å². The molecule has 3 unspecified atom stereocenters. The summed E-state index contributed by atoms with van der Waals surface area (Å²) in [6.07, 6.45) is -0.499. The van der Waals surface area contributed by atoms with Crippen LogP contribution in [0.5, 0.6) is 0 Å². The average molecular weight is 297 g/mol. The first-order valence-corrected chi connectivity index (χ1v) is 6.48. The predicted octanol–water partition coefficient (Wildman–Crippen LogP) is -1.76. The monoisotopic (exact) mass is 297 g/mol. The molecule has 2 heterocycles. The number of carbonyl (C=O) groups is 2. The van der Waals surface area contributed by atoms with Gasteiger partial charge in [0, 0.05) is 18.2 Å². The van der Waals surface area contributed by atoms with Crippen LogP contribution in [0.25, 0.3) is 0 Å². The van der Waals surface area contributed by atoms with Gasteiger partial charge in [-0.05, 0) is 0 Å². The van der Waals surface area contributed by atoms with Crippen LogP contribution >= 0.6 is 11.8 Å². The van der Waals surface area contributed by atoms with E-state index in [1.807, 2.05) is 0 Å². The maximum absolute atomic E-state index is 11.3. The van der Waals surface area contributed by atoms with Gasteiger partial charge in [-0.25, -0.2) is 4.79 Å². The van der Waals surface area contributed by atoms with E-state index in [9.17, 15) is 14.7 Å². The molecule has 0 amide bonds. The van der Waals surface area contributed by atoms with Crippen LogP contribution in [0.2, 0.25) is 0 Å². The predicted molar refractivity (Wildman–Crippen MR) is 72.5 cm³/mol. The molecule has 0 radical (unpaired) electrons. The molecule has 1 fully saturated rings. The number of carboxylic acids is 1. The molecular formula is C10H16N3NaO4S. The van der Waals surface area contributed by atoms with E-state index >= 15 is 0 Å². The van der Waals surface area contributed by atoms with Crippen LogP contribution in [-0.2, 0) is 14.3 Å². The average Bonchev–Trinajstić information content (AvgIpc) is 2.33. The van der Waals surface area contributed by atoms with Gasteiger partial charge < -0.3 is 26.2 Å². The molecule has 19 heavy (non-hydrogen) atoms. The molecule has 2 rings (SSSR count). The number of nitrogens with zero attached hydrogens (tertiary/aromatic N) is 1. The molecule has 0 aromatic rings.